The van der Waals surface area contributed by atoms with Crippen LogP contribution in [0.1, 0.15) is 25.0 Å². The van der Waals surface area contributed by atoms with Gasteiger partial charge in [0.15, 0.2) is 0 Å². The van der Waals surface area contributed by atoms with E-state index in [1.165, 1.54) is 11.1 Å². The van der Waals surface area contributed by atoms with Gasteiger partial charge in [-0.3, -0.25) is 0 Å². The molecular formula is C13H17Zr. The van der Waals surface area contributed by atoms with E-state index >= 15 is 0 Å². The van der Waals surface area contributed by atoms with Crippen molar-refractivity contribution in [2.45, 2.75) is 26.2 Å². The third kappa shape index (κ3) is 1.37. The normalized spacial score (nSPS) is 24.4. The molecule has 0 saturated carbocycles. The summed E-state index contributed by atoms with van der Waals surface area (Å²) in [5.41, 5.74) is 4.54. The molecule has 0 radical (unpaired) electrons. The van der Waals surface area contributed by atoms with Crippen molar-refractivity contribution in [3.05, 3.63) is 41.5 Å². The molecule has 0 saturated heterocycles. The van der Waals surface area contributed by atoms with Crippen molar-refractivity contribution in [1.82, 2.24) is 0 Å². The Morgan fingerprint density at radius 1 is 1.14 bits per heavy atom. The predicted octanol–water partition coefficient (Wildman–Crippen LogP) is 4.03. The van der Waals surface area contributed by atoms with E-state index in [4.69, 9.17) is 0 Å². The Bertz CT molecular complexity index is 390. The predicted molar refractivity (Wildman–Crippen MR) is 59.2 cm³/mol. The van der Waals surface area contributed by atoms with Gasteiger partial charge in [0.2, 0.25) is 0 Å². The first kappa shape index (κ1) is 10.4. The maximum absolute atomic E-state index is 2.51. The summed E-state index contributed by atoms with van der Waals surface area (Å²) in [7, 11) is 0. The second-order valence-electron chi connectivity index (χ2n) is 4.58. The topological polar surface area (TPSA) is 0 Å². The second kappa shape index (κ2) is 3.45. The van der Waals surface area contributed by atoms with E-state index in [1.54, 1.807) is 5.56 Å². The summed E-state index contributed by atoms with van der Waals surface area (Å²) in [6, 6.07) is 8.90. The molecular weight excluding hydrogens is 247 g/mol. The number of benzene rings is 1. The fourth-order valence-electron chi connectivity index (χ4n) is 2.28. The Morgan fingerprint density at radius 2 is 1.79 bits per heavy atom. The van der Waals surface area contributed by atoms with Crippen LogP contribution >= 0.6 is 0 Å². The Labute approximate surface area is 94.7 Å². The summed E-state index contributed by atoms with van der Waals surface area (Å²) in [6.07, 6.45) is 2.51. The molecule has 1 aliphatic rings. The molecule has 0 fully saturated rings. The van der Waals surface area contributed by atoms with Crippen molar-refractivity contribution >= 4 is 5.57 Å². The first-order valence-electron chi connectivity index (χ1n) is 5.15. The van der Waals surface area contributed by atoms with Gasteiger partial charge in [-0.15, -0.1) is 0 Å². The molecule has 1 aromatic carbocycles. The Balaban J connectivity index is 2.62. The molecule has 1 aromatic rings. The molecule has 0 aromatic heterocycles. The molecule has 0 amide bonds. The Hall–Kier alpha value is -0.157. The van der Waals surface area contributed by atoms with E-state index in [1.807, 2.05) is 0 Å². The van der Waals surface area contributed by atoms with Crippen LogP contribution in [0.15, 0.2) is 30.3 Å². The third-order valence-electron chi connectivity index (χ3n) is 3.46. The Kier molecular flexibility index (Phi) is 2.56. The van der Waals surface area contributed by atoms with Crippen LogP contribution in [0, 0.1) is 0 Å². The van der Waals surface area contributed by atoms with Crippen LogP contribution in [-0.2, 0) is 24.9 Å². The van der Waals surface area contributed by atoms with Gasteiger partial charge in [0, 0.05) is 0 Å². The van der Waals surface area contributed by atoms with Crippen molar-refractivity contribution in [1.29, 1.82) is 0 Å². The average molecular weight is 265 g/mol. The number of fused-ring (bicyclic) bond motifs is 1. The number of rotatable bonds is 1. The van der Waals surface area contributed by atoms with Crippen LogP contribution < -0.4 is 0 Å². The van der Waals surface area contributed by atoms with Gasteiger partial charge >= 0.3 is 95.0 Å². The van der Waals surface area contributed by atoms with Gasteiger partial charge in [0.05, 0.1) is 0 Å². The van der Waals surface area contributed by atoms with Crippen LogP contribution in [0.25, 0.3) is 5.57 Å². The fourth-order valence-corrected chi connectivity index (χ4v) is 5.38. The number of hydrogen-bond donors (Lipinski definition) is 0. The molecule has 1 aliphatic carbocycles. The summed E-state index contributed by atoms with van der Waals surface area (Å²) in [5.74, 6) is 0. The van der Waals surface area contributed by atoms with Gasteiger partial charge in [-0.1, -0.05) is 0 Å². The minimum absolute atomic E-state index is 0.433. The quantitative estimate of drug-likeness (QED) is 0.718. The van der Waals surface area contributed by atoms with E-state index in [9.17, 15) is 0 Å². The van der Waals surface area contributed by atoms with Gasteiger partial charge < -0.3 is 0 Å². The summed E-state index contributed by atoms with van der Waals surface area (Å²) in [6.45, 7) is 4.67. The first-order chi connectivity index (χ1) is 6.55. The van der Waals surface area contributed by atoms with Crippen LogP contribution in [0.5, 0.6) is 0 Å². The summed E-state index contributed by atoms with van der Waals surface area (Å²) in [5, 5.41) is 0. The Morgan fingerprint density at radius 3 is 2.43 bits per heavy atom. The molecule has 1 unspecified atom stereocenters. The van der Waals surface area contributed by atoms with Gasteiger partial charge in [0.1, 0.15) is 0 Å². The fraction of sp³-hybridized carbons (Fsp3) is 0.385. The molecule has 2 rings (SSSR count). The van der Waals surface area contributed by atoms with Gasteiger partial charge in [-0.25, -0.2) is 0 Å². The van der Waals surface area contributed by atoms with E-state index in [-0.39, 0.29) is 0 Å². The van der Waals surface area contributed by atoms with Crippen molar-refractivity contribution < 1.29 is 21.8 Å². The van der Waals surface area contributed by atoms with E-state index in [2.05, 4.69) is 53.5 Å². The molecule has 1 atom stereocenters. The molecule has 0 nitrogen and oxygen atoms in total. The van der Waals surface area contributed by atoms with Gasteiger partial charge in [0.25, 0.3) is 0 Å². The van der Waals surface area contributed by atoms with Gasteiger partial charge in [-0.05, 0) is 0 Å². The molecule has 14 heavy (non-hydrogen) atoms. The van der Waals surface area contributed by atoms with Crippen molar-refractivity contribution in [2.75, 3.05) is 0 Å². The van der Waals surface area contributed by atoms with Crippen LogP contribution in [0.4, 0.5) is 0 Å². The van der Waals surface area contributed by atoms with Crippen molar-refractivity contribution in [3.63, 3.8) is 0 Å². The zero-order valence-electron chi connectivity index (χ0n) is 9.39. The maximum atomic E-state index is 2.51. The molecule has 1 heteroatoms. The number of hydrogen-bond acceptors (Lipinski definition) is 0. The average Bonchev–Trinajstić information content (AvgIpc) is 2.42. The standard InChI is InChI=1S/C11H11.2CH3.Zr/c1-8-7-9(2)11-6-4-3-5-10(8)11;;;/h3-7H,1-2H3;2*1H3;. The van der Waals surface area contributed by atoms with Gasteiger partial charge in [-0.2, -0.15) is 0 Å². The first-order valence-corrected chi connectivity index (χ1v) is 11.3. The zero-order chi connectivity index (χ0) is 10.3. The zero-order valence-corrected chi connectivity index (χ0v) is 11.8. The summed E-state index contributed by atoms with van der Waals surface area (Å²) in [4.78, 5) is 0. The van der Waals surface area contributed by atoms with Crippen molar-refractivity contribution in [3.8, 4) is 0 Å². The summed E-state index contributed by atoms with van der Waals surface area (Å²) < 4.78 is 5.42. The number of allylic oxidation sites excluding steroid dienone is 2. The second-order valence-corrected chi connectivity index (χ2v) is 12.0. The molecule has 0 bridgehead atoms. The molecule has 0 N–H and O–H groups in total. The van der Waals surface area contributed by atoms with E-state index < -0.39 is 21.8 Å². The monoisotopic (exact) mass is 263 g/mol. The SMILES string of the molecule is CC1=C[C](C)([Zr]([CH3])[CH3])c2ccccc21. The minimum atomic E-state index is -1.25. The molecule has 0 aliphatic heterocycles. The van der Waals surface area contributed by atoms with E-state index in [0.29, 0.717) is 3.12 Å². The van der Waals surface area contributed by atoms with E-state index in [0.717, 1.165) is 0 Å². The molecule has 0 spiro atoms. The van der Waals surface area contributed by atoms with Crippen LogP contribution in [0.2, 0.25) is 9.26 Å². The molecule has 0 heterocycles. The van der Waals surface area contributed by atoms with Crippen molar-refractivity contribution in [2.24, 2.45) is 0 Å². The third-order valence-corrected chi connectivity index (χ3v) is 9.58. The molecule has 73 valence electrons. The summed E-state index contributed by atoms with van der Waals surface area (Å²) >= 11 is -1.25. The van der Waals surface area contributed by atoms with Crippen LogP contribution in [0.3, 0.4) is 0 Å². The van der Waals surface area contributed by atoms with Crippen LogP contribution in [-0.4, -0.2) is 0 Å².